The lowest BCUT2D eigenvalue weighted by Gasteiger charge is -2.00. The van der Waals surface area contributed by atoms with Crippen LogP contribution in [0.1, 0.15) is 22.5 Å². The summed E-state index contributed by atoms with van der Waals surface area (Å²) >= 11 is 0. The fourth-order valence-electron chi connectivity index (χ4n) is 2.31. The number of phenols is 4. The third-order valence-corrected chi connectivity index (χ3v) is 3.68. The molecule has 1 heterocycles. The number of nitrogens with zero attached hydrogens (tertiary/aromatic N) is 1. The van der Waals surface area contributed by atoms with Crippen LogP contribution < -0.4 is 0 Å². The van der Waals surface area contributed by atoms with E-state index in [-0.39, 0.29) is 23.0 Å². The zero-order chi connectivity index (χ0) is 18.5. The van der Waals surface area contributed by atoms with Crippen molar-refractivity contribution in [3.05, 3.63) is 77.1 Å². The number of aromatic nitrogens is 1. The maximum atomic E-state index is 9.51. The molecule has 0 fully saturated rings. The minimum absolute atomic E-state index is 0.160. The van der Waals surface area contributed by atoms with E-state index in [2.05, 4.69) is 4.98 Å². The molecule has 0 unspecified atom stereocenters. The van der Waals surface area contributed by atoms with Crippen LogP contribution in [0.25, 0.3) is 24.3 Å². The first kappa shape index (κ1) is 17.1. The summed E-state index contributed by atoms with van der Waals surface area (Å²) in [6.07, 6.45) is 7.17. The van der Waals surface area contributed by atoms with Gasteiger partial charge in [0.05, 0.1) is 11.4 Å². The van der Waals surface area contributed by atoms with Gasteiger partial charge in [-0.1, -0.05) is 30.4 Å². The van der Waals surface area contributed by atoms with Gasteiger partial charge in [-0.05, 0) is 59.7 Å². The standard InChI is InChI=1S/C21H17NO4/c23-18-10-6-14(12-20(18)25)4-8-16-2-1-3-17(22-16)9-5-15-7-11-19(24)21(26)13-15/h1-13,23-26H/b8-4+,9-5?. The predicted molar refractivity (Wildman–Crippen MR) is 102 cm³/mol. The topological polar surface area (TPSA) is 93.8 Å². The van der Waals surface area contributed by atoms with Crippen molar-refractivity contribution in [1.29, 1.82) is 0 Å². The highest BCUT2D eigenvalue weighted by atomic mass is 16.3. The molecule has 0 amide bonds. The van der Waals surface area contributed by atoms with Crippen LogP contribution >= 0.6 is 0 Å². The molecule has 0 atom stereocenters. The van der Waals surface area contributed by atoms with E-state index < -0.39 is 0 Å². The van der Waals surface area contributed by atoms with E-state index in [1.165, 1.54) is 24.3 Å². The second-order valence-corrected chi connectivity index (χ2v) is 5.65. The molecule has 1 aromatic heterocycles. The summed E-state index contributed by atoms with van der Waals surface area (Å²) in [5, 5.41) is 37.7. The van der Waals surface area contributed by atoms with Crippen molar-refractivity contribution >= 4 is 24.3 Å². The highest BCUT2D eigenvalue weighted by Crippen LogP contribution is 2.26. The number of pyridine rings is 1. The molecular formula is C21H17NO4. The maximum Gasteiger partial charge on any atom is 0.157 e. The van der Waals surface area contributed by atoms with Crippen molar-refractivity contribution in [3.8, 4) is 23.0 Å². The molecule has 26 heavy (non-hydrogen) atoms. The second-order valence-electron chi connectivity index (χ2n) is 5.65. The Kier molecular flexibility index (Phi) is 4.90. The lowest BCUT2D eigenvalue weighted by atomic mass is 10.1. The van der Waals surface area contributed by atoms with E-state index in [1.54, 1.807) is 36.4 Å². The molecule has 0 aliphatic heterocycles. The van der Waals surface area contributed by atoms with Crippen LogP contribution in [0.5, 0.6) is 23.0 Å². The first-order valence-electron chi connectivity index (χ1n) is 7.88. The van der Waals surface area contributed by atoms with Gasteiger partial charge in [-0.3, -0.25) is 0 Å². The highest BCUT2D eigenvalue weighted by molar-refractivity contribution is 5.72. The van der Waals surface area contributed by atoms with Gasteiger partial charge in [0.25, 0.3) is 0 Å². The number of benzene rings is 2. The highest BCUT2D eigenvalue weighted by Gasteiger charge is 1.99. The molecule has 0 bridgehead atoms. The van der Waals surface area contributed by atoms with Crippen molar-refractivity contribution in [2.45, 2.75) is 0 Å². The summed E-state index contributed by atoms with van der Waals surface area (Å²) in [5.74, 6) is -0.664. The Balaban J connectivity index is 1.77. The second kappa shape index (κ2) is 7.44. The average Bonchev–Trinajstić information content (AvgIpc) is 2.64. The Morgan fingerprint density at radius 2 is 1.00 bits per heavy atom. The van der Waals surface area contributed by atoms with Gasteiger partial charge in [0.1, 0.15) is 0 Å². The molecule has 0 radical (unpaired) electrons. The van der Waals surface area contributed by atoms with Crippen molar-refractivity contribution < 1.29 is 20.4 Å². The van der Waals surface area contributed by atoms with Crippen molar-refractivity contribution in [1.82, 2.24) is 4.98 Å². The Hall–Kier alpha value is -3.73. The van der Waals surface area contributed by atoms with Crippen LogP contribution in [0.4, 0.5) is 0 Å². The summed E-state index contributed by atoms with van der Waals surface area (Å²) in [5.41, 5.74) is 2.94. The van der Waals surface area contributed by atoms with E-state index in [0.717, 1.165) is 22.5 Å². The zero-order valence-corrected chi connectivity index (χ0v) is 13.7. The summed E-state index contributed by atoms with van der Waals surface area (Å²) in [6, 6.07) is 14.7. The van der Waals surface area contributed by atoms with E-state index >= 15 is 0 Å². The van der Waals surface area contributed by atoms with E-state index in [1.807, 2.05) is 18.2 Å². The Morgan fingerprint density at radius 1 is 0.538 bits per heavy atom. The lowest BCUT2D eigenvalue weighted by molar-refractivity contribution is 0.403. The van der Waals surface area contributed by atoms with Gasteiger partial charge in [0, 0.05) is 0 Å². The molecule has 130 valence electrons. The predicted octanol–water partition coefficient (Wildman–Crippen LogP) is 4.24. The molecule has 3 rings (SSSR count). The fourth-order valence-corrected chi connectivity index (χ4v) is 2.31. The normalized spacial score (nSPS) is 11.4. The third kappa shape index (κ3) is 4.21. The molecule has 0 aliphatic carbocycles. The van der Waals surface area contributed by atoms with Crippen LogP contribution in [0, 0.1) is 0 Å². The Bertz CT molecular complexity index is 916. The quantitative estimate of drug-likeness (QED) is 0.530. The lowest BCUT2D eigenvalue weighted by Crippen LogP contribution is -1.84. The minimum atomic E-state index is -0.172. The first-order chi connectivity index (χ1) is 12.5. The van der Waals surface area contributed by atoms with Gasteiger partial charge in [0.15, 0.2) is 23.0 Å². The molecule has 5 nitrogen and oxygen atoms in total. The number of hydrogen-bond acceptors (Lipinski definition) is 5. The van der Waals surface area contributed by atoms with Crippen LogP contribution in [-0.4, -0.2) is 25.4 Å². The Labute approximate surface area is 150 Å². The molecule has 3 aromatic rings. The number of hydrogen-bond donors (Lipinski definition) is 4. The molecule has 0 saturated carbocycles. The smallest absolute Gasteiger partial charge is 0.157 e. The molecule has 0 spiro atoms. The Morgan fingerprint density at radius 3 is 1.42 bits per heavy atom. The monoisotopic (exact) mass is 347 g/mol. The molecular weight excluding hydrogens is 330 g/mol. The summed E-state index contributed by atoms with van der Waals surface area (Å²) in [6.45, 7) is 0. The first-order valence-corrected chi connectivity index (χ1v) is 7.88. The van der Waals surface area contributed by atoms with Crippen LogP contribution in [0.15, 0.2) is 54.6 Å². The zero-order valence-electron chi connectivity index (χ0n) is 13.7. The van der Waals surface area contributed by atoms with Gasteiger partial charge in [0.2, 0.25) is 0 Å². The summed E-state index contributed by atoms with van der Waals surface area (Å²) in [4.78, 5) is 4.49. The van der Waals surface area contributed by atoms with E-state index in [9.17, 15) is 20.4 Å². The molecule has 5 heteroatoms. The largest absolute Gasteiger partial charge is 0.504 e. The summed E-state index contributed by atoms with van der Waals surface area (Å²) in [7, 11) is 0. The number of phenolic OH excluding ortho intramolecular Hbond substituents is 4. The fraction of sp³-hybridized carbons (Fsp3) is 0. The molecule has 0 aliphatic rings. The van der Waals surface area contributed by atoms with Gasteiger partial charge < -0.3 is 20.4 Å². The van der Waals surface area contributed by atoms with Gasteiger partial charge in [-0.15, -0.1) is 0 Å². The number of rotatable bonds is 4. The summed E-state index contributed by atoms with van der Waals surface area (Å²) < 4.78 is 0. The molecule has 2 aromatic carbocycles. The van der Waals surface area contributed by atoms with Crippen LogP contribution in [0.2, 0.25) is 0 Å². The van der Waals surface area contributed by atoms with Crippen molar-refractivity contribution in [3.63, 3.8) is 0 Å². The number of aromatic hydroxyl groups is 4. The average molecular weight is 347 g/mol. The SMILES string of the molecule is Oc1ccc(C=Cc2cccc(/C=C/c3ccc(O)c(O)c3)n2)cc1O. The van der Waals surface area contributed by atoms with Gasteiger partial charge in [-0.2, -0.15) is 0 Å². The molecule has 4 N–H and O–H groups in total. The van der Waals surface area contributed by atoms with Gasteiger partial charge >= 0.3 is 0 Å². The van der Waals surface area contributed by atoms with Crippen LogP contribution in [0.3, 0.4) is 0 Å². The van der Waals surface area contributed by atoms with Crippen molar-refractivity contribution in [2.75, 3.05) is 0 Å². The molecule has 0 saturated heterocycles. The third-order valence-electron chi connectivity index (χ3n) is 3.68. The van der Waals surface area contributed by atoms with E-state index in [0.29, 0.717) is 0 Å². The van der Waals surface area contributed by atoms with Crippen LogP contribution in [-0.2, 0) is 0 Å². The maximum absolute atomic E-state index is 9.51. The minimum Gasteiger partial charge on any atom is -0.504 e. The van der Waals surface area contributed by atoms with E-state index in [4.69, 9.17) is 0 Å². The van der Waals surface area contributed by atoms with Crippen molar-refractivity contribution in [2.24, 2.45) is 0 Å². The van der Waals surface area contributed by atoms with Gasteiger partial charge in [-0.25, -0.2) is 4.98 Å².